The molecule has 1 N–H and O–H groups in total. The molecule has 0 unspecified atom stereocenters. The number of anilines is 1. The van der Waals surface area contributed by atoms with Gasteiger partial charge in [0.2, 0.25) is 6.10 Å². The monoisotopic (exact) mass is 417 g/mol. The summed E-state index contributed by atoms with van der Waals surface area (Å²) in [6.45, 7) is 3.96. The summed E-state index contributed by atoms with van der Waals surface area (Å²) < 4.78 is 6.07. The number of carbonyl (C=O) groups is 2. The number of rotatable bonds is 5. The second-order valence-electron chi connectivity index (χ2n) is 10.2. The summed E-state index contributed by atoms with van der Waals surface area (Å²) >= 11 is 0. The molecule has 0 radical (unpaired) electrons. The third kappa shape index (κ3) is 3.88. The standard InChI is InChI=1S/C27H31NO3/c1-17-8-9-18(2)23(10-17)28-25(29)24(22-6-4-3-5-7-22)31-26(30)27-14-19-11-20(15-27)13-21(12-19)16-27/h3-10,19-21,24H,11-16H2,1-2H3,(H,28,29)/t19?,20?,21?,24-,27?/m0/s1. The van der Waals surface area contributed by atoms with Crippen LogP contribution in [0.4, 0.5) is 5.69 Å². The van der Waals surface area contributed by atoms with Crippen molar-refractivity contribution in [2.75, 3.05) is 5.32 Å². The molecule has 0 heterocycles. The molecular formula is C27H31NO3. The summed E-state index contributed by atoms with van der Waals surface area (Å²) in [5.74, 6) is 1.49. The maximum atomic E-state index is 13.6. The number of benzene rings is 2. The largest absolute Gasteiger partial charge is 0.447 e. The first-order valence-corrected chi connectivity index (χ1v) is 11.6. The van der Waals surface area contributed by atoms with Crippen LogP contribution < -0.4 is 5.32 Å². The molecule has 1 atom stereocenters. The predicted octanol–water partition coefficient (Wildman–Crippen LogP) is 5.74. The molecule has 4 heteroatoms. The van der Waals surface area contributed by atoms with Crippen LogP contribution in [0.2, 0.25) is 0 Å². The Labute approximate surface area is 184 Å². The van der Waals surface area contributed by atoms with Gasteiger partial charge in [0, 0.05) is 11.3 Å². The molecule has 0 saturated heterocycles. The minimum atomic E-state index is -0.943. The third-order valence-electron chi connectivity index (χ3n) is 7.69. The van der Waals surface area contributed by atoms with E-state index in [1.807, 2.05) is 62.4 Å². The van der Waals surface area contributed by atoms with Crippen LogP contribution in [0.3, 0.4) is 0 Å². The van der Waals surface area contributed by atoms with E-state index in [0.29, 0.717) is 23.3 Å². The molecule has 4 fully saturated rings. The summed E-state index contributed by atoms with van der Waals surface area (Å²) in [4.78, 5) is 26.9. The molecule has 1 amide bonds. The van der Waals surface area contributed by atoms with Crippen molar-refractivity contribution >= 4 is 17.6 Å². The third-order valence-corrected chi connectivity index (χ3v) is 7.69. The molecule has 0 aromatic heterocycles. The van der Waals surface area contributed by atoms with E-state index in [1.54, 1.807) is 0 Å². The number of hydrogen-bond donors (Lipinski definition) is 1. The lowest BCUT2D eigenvalue weighted by Gasteiger charge is -2.55. The highest BCUT2D eigenvalue weighted by atomic mass is 16.5. The van der Waals surface area contributed by atoms with Gasteiger partial charge in [-0.1, -0.05) is 42.5 Å². The summed E-state index contributed by atoms with van der Waals surface area (Å²) in [5, 5.41) is 3.01. The van der Waals surface area contributed by atoms with Crippen LogP contribution >= 0.6 is 0 Å². The molecular weight excluding hydrogens is 386 g/mol. The number of hydrogen-bond acceptors (Lipinski definition) is 3. The number of aryl methyl sites for hydroxylation is 2. The zero-order valence-electron chi connectivity index (χ0n) is 18.4. The molecule has 2 aromatic carbocycles. The molecule has 6 rings (SSSR count). The Morgan fingerprint density at radius 1 is 0.935 bits per heavy atom. The molecule has 4 bridgehead atoms. The minimum Gasteiger partial charge on any atom is -0.447 e. The molecule has 4 nitrogen and oxygen atoms in total. The maximum Gasteiger partial charge on any atom is 0.313 e. The fraction of sp³-hybridized carbons (Fsp3) is 0.481. The Hall–Kier alpha value is -2.62. The van der Waals surface area contributed by atoms with Crippen LogP contribution in [0.25, 0.3) is 0 Å². The molecule has 4 aliphatic rings. The SMILES string of the molecule is Cc1ccc(C)c(NC(=O)[C@@H](OC(=O)C23CC4CC(CC(C4)C2)C3)c2ccccc2)c1. The van der Waals surface area contributed by atoms with Crippen molar-refractivity contribution in [3.63, 3.8) is 0 Å². The topological polar surface area (TPSA) is 55.4 Å². The predicted molar refractivity (Wildman–Crippen MR) is 120 cm³/mol. The van der Waals surface area contributed by atoms with E-state index in [0.717, 1.165) is 36.1 Å². The van der Waals surface area contributed by atoms with Crippen molar-refractivity contribution in [1.82, 2.24) is 0 Å². The maximum absolute atomic E-state index is 13.6. The number of esters is 1. The molecule has 31 heavy (non-hydrogen) atoms. The Bertz CT molecular complexity index is 962. The highest BCUT2D eigenvalue weighted by Crippen LogP contribution is 2.60. The van der Waals surface area contributed by atoms with Crippen molar-refractivity contribution in [3.05, 3.63) is 65.2 Å². The van der Waals surface area contributed by atoms with Gasteiger partial charge in [0.25, 0.3) is 5.91 Å². The van der Waals surface area contributed by atoms with Crippen molar-refractivity contribution in [2.45, 2.75) is 58.5 Å². The van der Waals surface area contributed by atoms with Gasteiger partial charge in [0.05, 0.1) is 5.41 Å². The average Bonchev–Trinajstić information content (AvgIpc) is 2.74. The van der Waals surface area contributed by atoms with Gasteiger partial charge in [-0.15, -0.1) is 0 Å². The van der Waals surface area contributed by atoms with E-state index in [-0.39, 0.29) is 17.3 Å². The van der Waals surface area contributed by atoms with Crippen molar-refractivity contribution in [1.29, 1.82) is 0 Å². The van der Waals surface area contributed by atoms with E-state index in [1.165, 1.54) is 19.3 Å². The normalized spacial score (nSPS) is 29.4. The first kappa shape index (κ1) is 20.3. The smallest absolute Gasteiger partial charge is 0.313 e. The van der Waals surface area contributed by atoms with E-state index in [4.69, 9.17) is 4.74 Å². The van der Waals surface area contributed by atoms with E-state index >= 15 is 0 Å². The zero-order chi connectivity index (χ0) is 21.6. The first-order valence-electron chi connectivity index (χ1n) is 11.6. The van der Waals surface area contributed by atoms with E-state index in [2.05, 4.69) is 5.32 Å². The number of amides is 1. The van der Waals surface area contributed by atoms with Gasteiger partial charge in [-0.25, -0.2) is 0 Å². The molecule has 2 aromatic rings. The number of carbonyl (C=O) groups excluding carboxylic acids is 2. The highest BCUT2D eigenvalue weighted by molar-refractivity contribution is 5.97. The Morgan fingerprint density at radius 2 is 1.55 bits per heavy atom. The summed E-state index contributed by atoms with van der Waals surface area (Å²) in [5.41, 5.74) is 3.14. The Morgan fingerprint density at radius 3 is 2.16 bits per heavy atom. The Balaban J connectivity index is 1.40. The first-order chi connectivity index (χ1) is 14.9. The number of ether oxygens (including phenoxy) is 1. The summed E-state index contributed by atoms with van der Waals surface area (Å²) in [6, 6.07) is 15.4. The van der Waals surface area contributed by atoms with Crippen LogP contribution in [-0.4, -0.2) is 11.9 Å². The van der Waals surface area contributed by atoms with E-state index in [9.17, 15) is 9.59 Å². The van der Waals surface area contributed by atoms with Crippen LogP contribution in [-0.2, 0) is 14.3 Å². The van der Waals surface area contributed by atoms with Crippen LogP contribution in [0.5, 0.6) is 0 Å². The quantitative estimate of drug-likeness (QED) is 0.631. The average molecular weight is 418 g/mol. The second kappa shape index (κ2) is 7.81. The van der Waals surface area contributed by atoms with Crippen LogP contribution in [0, 0.1) is 37.0 Å². The second-order valence-corrected chi connectivity index (χ2v) is 10.2. The van der Waals surface area contributed by atoms with Gasteiger partial charge >= 0.3 is 5.97 Å². The van der Waals surface area contributed by atoms with Gasteiger partial charge in [0.1, 0.15) is 0 Å². The molecule has 4 aliphatic carbocycles. The molecule has 162 valence electrons. The van der Waals surface area contributed by atoms with Crippen molar-refractivity contribution in [3.8, 4) is 0 Å². The summed E-state index contributed by atoms with van der Waals surface area (Å²) in [6.07, 6.45) is 5.64. The van der Waals surface area contributed by atoms with Crippen molar-refractivity contribution in [2.24, 2.45) is 23.2 Å². The highest BCUT2D eigenvalue weighted by Gasteiger charge is 2.56. The lowest BCUT2D eigenvalue weighted by atomic mass is 9.49. The van der Waals surface area contributed by atoms with Crippen molar-refractivity contribution < 1.29 is 14.3 Å². The molecule has 4 saturated carbocycles. The van der Waals surface area contributed by atoms with Gasteiger partial charge in [-0.2, -0.15) is 0 Å². The van der Waals surface area contributed by atoms with Gasteiger partial charge < -0.3 is 10.1 Å². The molecule has 0 spiro atoms. The lowest BCUT2D eigenvalue weighted by molar-refractivity contribution is -0.179. The lowest BCUT2D eigenvalue weighted by Crippen LogP contribution is -2.51. The number of nitrogens with one attached hydrogen (secondary N) is 1. The van der Waals surface area contributed by atoms with Crippen LogP contribution in [0.15, 0.2) is 48.5 Å². The molecule has 0 aliphatic heterocycles. The fourth-order valence-corrected chi connectivity index (χ4v) is 6.56. The zero-order valence-corrected chi connectivity index (χ0v) is 18.4. The van der Waals surface area contributed by atoms with Gasteiger partial charge in [-0.05, 0) is 87.3 Å². The fourth-order valence-electron chi connectivity index (χ4n) is 6.56. The van der Waals surface area contributed by atoms with Gasteiger partial charge in [-0.3, -0.25) is 9.59 Å². The summed E-state index contributed by atoms with van der Waals surface area (Å²) in [7, 11) is 0. The minimum absolute atomic E-state index is 0.170. The Kier molecular flexibility index (Phi) is 5.11. The van der Waals surface area contributed by atoms with Crippen LogP contribution in [0.1, 0.15) is 61.3 Å². The van der Waals surface area contributed by atoms with Gasteiger partial charge in [0.15, 0.2) is 0 Å². The van der Waals surface area contributed by atoms with E-state index < -0.39 is 6.10 Å².